The molecule has 0 unspecified atom stereocenters. The third-order valence-corrected chi connectivity index (χ3v) is 3.12. The average molecular weight is 215 g/mol. The van der Waals surface area contributed by atoms with Crippen molar-refractivity contribution < 1.29 is 15.0 Å². The molecule has 0 spiro atoms. The Bertz CT molecular complexity index is 212. The van der Waals surface area contributed by atoms with Gasteiger partial charge < -0.3 is 15.1 Å². The molecule has 0 aromatic carbocycles. The van der Waals surface area contributed by atoms with Crippen LogP contribution in [0.5, 0.6) is 0 Å². The highest BCUT2D eigenvalue weighted by atomic mass is 16.3. The monoisotopic (exact) mass is 215 g/mol. The Morgan fingerprint density at radius 1 is 1.40 bits per heavy atom. The Hall–Kier alpha value is -0.610. The third kappa shape index (κ3) is 3.47. The van der Waals surface area contributed by atoms with E-state index >= 15 is 0 Å². The molecule has 1 rings (SSSR count). The molecule has 0 saturated heterocycles. The molecule has 0 atom stereocenters. The van der Waals surface area contributed by atoms with Gasteiger partial charge >= 0.3 is 0 Å². The van der Waals surface area contributed by atoms with Gasteiger partial charge in [-0.05, 0) is 19.8 Å². The van der Waals surface area contributed by atoms with Crippen molar-refractivity contribution in [2.24, 2.45) is 0 Å². The Kier molecular flexibility index (Phi) is 4.54. The van der Waals surface area contributed by atoms with Crippen LogP contribution in [-0.4, -0.2) is 46.3 Å². The summed E-state index contributed by atoms with van der Waals surface area (Å²) in [5.41, 5.74) is -0.778. The first-order valence-electron chi connectivity index (χ1n) is 5.72. The van der Waals surface area contributed by atoms with Gasteiger partial charge in [0.25, 0.3) is 0 Å². The van der Waals surface area contributed by atoms with E-state index in [-0.39, 0.29) is 18.9 Å². The highest BCUT2D eigenvalue weighted by Gasteiger charge is 2.34. The predicted octanol–water partition coefficient (Wildman–Crippen LogP) is 0.522. The summed E-state index contributed by atoms with van der Waals surface area (Å²) in [5, 5.41) is 18.8. The van der Waals surface area contributed by atoms with Gasteiger partial charge in [0.2, 0.25) is 5.91 Å². The first kappa shape index (κ1) is 12.5. The van der Waals surface area contributed by atoms with Gasteiger partial charge in [-0.2, -0.15) is 0 Å². The molecular weight excluding hydrogens is 194 g/mol. The summed E-state index contributed by atoms with van der Waals surface area (Å²) < 4.78 is 0. The third-order valence-electron chi connectivity index (χ3n) is 3.12. The van der Waals surface area contributed by atoms with Gasteiger partial charge in [0.1, 0.15) is 0 Å². The van der Waals surface area contributed by atoms with Crippen LogP contribution in [0.4, 0.5) is 0 Å². The van der Waals surface area contributed by atoms with E-state index < -0.39 is 5.60 Å². The molecule has 2 N–H and O–H groups in total. The molecule has 0 aromatic rings. The van der Waals surface area contributed by atoms with Crippen LogP contribution in [0.25, 0.3) is 0 Å². The van der Waals surface area contributed by atoms with E-state index in [4.69, 9.17) is 5.11 Å². The van der Waals surface area contributed by atoms with Crippen molar-refractivity contribution in [3.05, 3.63) is 0 Å². The van der Waals surface area contributed by atoms with Crippen LogP contribution < -0.4 is 0 Å². The van der Waals surface area contributed by atoms with Crippen LogP contribution in [0.1, 0.15) is 39.0 Å². The van der Waals surface area contributed by atoms with Crippen LogP contribution in [0.15, 0.2) is 0 Å². The molecule has 0 aliphatic heterocycles. The number of aliphatic hydroxyl groups excluding tert-OH is 1. The number of aliphatic hydroxyl groups is 2. The highest BCUT2D eigenvalue weighted by Crippen LogP contribution is 2.32. The van der Waals surface area contributed by atoms with Crippen LogP contribution in [0.2, 0.25) is 0 Å². The number of hydrogen-bond acceptors (Lipinski definition) is 3. The Balaban J connectivity index is 2.45. The molecule has 1 aliphatic carbocycles. The maximum Gasteiger partial charge on any atom is 0.225 e. The predicted molar refractivity (Wildman–Crippen MR) is 57.4 cm³/mol. The van der Waals surface area contributed by atoms with Crippen LogP contribution in [0, 0.1) is 0 Å². The lowest BCUT2D eigenvalue weighted by Crippen LogP contribution is -2.39. The van der Waals surface area contributed by atoms with E-state index in [0.717, 1.165) is 25.7 Å². The maximum absolute atomic E-state index is 11.8. The summed E-state index contributed by atoms with van der Waals surface area (Å²) in [6.45, 7) is 2.82. The van der Waals surface area contributed by atoms with E-state index in [1.165, 1.54) is 0 Å². The fourth-order valence-corrected chi connectivity index (χ4v) is 2.18. The standard InChI is InChI=1S/C11H21NO3/c1-2-12(7-8-13)10(14)9-11(15)5-3-4-6-11/h13,15H,2-9H2,1H3. The summed E-state index contributed by atoms with van der Waals surface area (Å²) in [4.78, 5) is 13.4. The zero-order chi connectivity index (χ0) is 11.3. The van der Waals surface area contributed by atoms with E-state index in [0.29, 0.717) is 13.1 Å². The molecule has 1 fully saturated rings. The minimum absolute atomic E-state index is 0.0159. The van der Waals surface area contributed by atoms with Crippen molar-refractivity contribution in [2.45, 2.75) is 44.6 Å². The minimum Gasteiger partial charge on any atom is -0.395 e. The fourth-order valence-electron chi connectivity index (χ4n) is 2.18. The van der Waals surface area contributed by atoms with Gasteiger partial charge in [-0.15, -0.1) is 0 Å². The quantitative estimate of drug-likeness (QED) is 0.703. The highest BCUT2D eigenvalue weighted by molar-refractivity contribution is 5.77. The molecule has 0 aromatic heterocycles. The number of likely N-dealkylation sites (N-methyl/N-ethyl adjacent to an activating group) is 1. The first-order chi connectivity index (χ1) is 7.11. The van der Waals surface area contributed by atoms with E-state index in [2.05, 4.69) is 0 Å². The second kappa shape index (κ2) is 5.47. The van der Waals surface area contributed by atoms with Gasteiger partial charge in [-0.25, -0.2) is 0 Å². The van der Waals surface area contributed by atoms with Crippen molar-refractivity contribution in [1.29, 1.82) is 0 Å². The summed E-state index contributed by atoms with van der Waals surface area (Å²) in [6, 6.07) is 0. The van der Waals surface area contributed by atoms with Gasteiger partial charge in [0.05, 0.1) is 18.6 Å². The normalized spacial score (nSPS) is 19.1. The van der Waals surface area contributed by atoms with Gasteiger partial charge in [0, 0.05) is 13.1 Å². The Morgan fingerprint density at radius 3 is 2.47 bits per heavy atom. The molecule has 0 radical (unpaired) electrons. The molecule has 1 saturated carbocycles. The van der Waals surface area contributed by atoms with Crippen LogP contribution >= 0.6 is 0 Å². The summed E-state index contributed by atoms with van der Waals surface area (Å²) >= 11 is 0. The minimum atomic E-state index is -0.778. The molecule has 88 valence electrons. The van der Waals surface area contributed by atoms with Crippen LogP contribution in [0.3, 0.4) is 0 Å². The van der Waals surface area contributed by atoms with Crippen molar-refractivity contribution in [3.63, 3.8) is 0 Å². The van der Waals surface area contributed by atoms with Gasteiger partial charge in [0.15, 0.2) is 0 Å². The molecular formula is C11H21NO3. The van der Waals surface area contributed by atoms with E-state index in [9.17, 15) is 9.90 Å². The average Bonchev–Trinajstić information content (AvgIpc) is 2.60. The largest absolute Gasteiger partial charge is 0.395 e. The summed E-state index contributed by atoms with van der Waals surface area (Å²) in [5.74, 6) is -0.0454. The fraction of sp³-hybridized carbons (Fsp3) is 0.909. The lowest BCUT2D eigenvalue weighted by Gasteiger charge is -2.26. The maximum atomic E-state index is 11.8. The van der Waals surface area contributed by atoms with Crippen molar-refractivity contribution >= 4 is 5.91 Å². The van der Waals surface area contributed by atoms with Gasteiger partial charge in [-0.1, -0.05) is 12.8 Å². The van der Waals surface area contributed by atoms with Crippen molar-refractivity contribution in [2.75, 3.05) is 19.7 Å². The molecule has 1 amide bonds. The second-order valence-corrected chi connectivity index (χ2v) is 4.31. The SMILES string of the molecule is CCN(CCO)C(=O)CC1(O)CCCC1. The second-order valence-electron chi connectivity index (χ2n) is 4.31. The number of carbonyl (C=O) groups is 1. The lowest BCUT2D eigenvalue weighted by atomic mass is 9.97. The topological polar surface area (TPSA) is 60.8 Å². The van der Waals surface area contributed by atoms with Crippen molar-refractivity contribution in [3.8, 4) is 0 Å². The van der Waals surface area contributed by atoms with Crippen molar-refractivity contribution in [1.82, 2.24) is 4.90 Å². The zero-order valence-electron chi connectivity index (χ0n) is 9.41. The number of nitrogens with zero attached hydrogens (tertiary/aromatic N) is 1. The molecule has 1 aliphatic rings. The summed E-state index contributed by atoms with van der Waals surface area (Å²) in [7, 11) is 0. The number of hydrogen-bond donors (Lipinski definition) is 2. The molecule has 15 heavy (non-hydrogen) atoms. The molecule has 0 heterocycles. The molecule has 4 nitrogen and oxygen atoms in total. The Morgan fingerprint density at radius 2 is 2.00 bits per heavy atom. The smallest absolute Gasteiger partial charge is 0.225 e. The van der Waals surface area contributed by atoms with E-state index in [1.807, 2.05) is 6.92 Å². The number of carbonyl (C=O) groups excluding carboxylic acids is 1. The van der Waals surface area contributed by atoms with Gasteiger partial charge in [-0.3, -0.25) is 4.79 Å². The van der Waals surface area contributed by atoms with E-state index in [1.54, 1.807) is 4.90 Å². The molecule has 4 heteroatoms. The number of rotatable bonds is 5. The lowest BCUT2D eigenvalue weighted by molar-refractivity contribution is -0.136. The molecule has 0 bridgehead atoms. The van der Waals surface area contributed by atoms with Crippen LogP contribution in [-0.2, 0) is 4.79 Å². The number of amides is 1. The zero-order valence-corrected chi connectivity index (χ0v) is 9.41. The first-order valence-corrected chi connectivity index (χ1v) is 5.72. The summed E-state index contributed by atoms with van der Waals surface area (Å²) in [6.07, 6.45) is 3.69. The Labute approximate surface area is 90.9 Å².